The summed E-state index contributed by atoms with van der Waals surface area (Å²) in [7, 11) is 1.68. The van der Waals surface area contributed by atoms with Gasteiger partial charge in [-0.1, -0.05) is 39.1 Å². The van der Waals surface area contributed by atoms with Crippen molar-refractivity contribution in [3.05, 3.63) is 56.5 Å². The Morgan fingerprint density at radius 3 is 2.58 bits per heavy atom. The number of methoxy groups -OCH3 is 1. The van der Waals surface area contributed by atoms with E-state index >= 15 is 0 Å². The van der Waals surface area contributed by atoms with Gasteiger partial charge in [0.25, 0.3) is 0 Å². The molecular formula is C14H11BrCl2OS. The molecule has 0 aliphatic rings. The van der Waals surface area contributed by atoms with Gasteiger partial charge in [-0.05, 0) is 36.4 Å². The first-order valence-corrected chi connectivity index (χ1v) is 8.04. The van der Waals surface area contributed by atoms with E-state index in [0.29, 0.717) is 10.0 Å². The van der Waals surface area contributed by atoms with Crippen molar-refractivity contribution >= 4 is 50.9 Å². The van der Waals surface area contributed by atoms with E-state index in [1.165, 1.54) is 0 Å². The van der Waals surface area contributed by atoms with Crippen LogP contribution in [-0.2, 0) is 5.75 Å². The van der Waals surface area contributed by atoms with E-state index in [1.54, 1.807) is 18.9 Å². The fraction of sp³-hybridized carbons (Fsp3) is 0.143. The normalized spacial score (nSPS) is 10.5. The second-order valence-corrected chi connectivity index (χ2v) is 6.60. The van der Waals surface area contributed by atoms with Crippen LogP contribution in [0.2, 0.25) is 10.0 Å². The Labute approximate surface area is 135 Å². The van der Waals surface area contributed by atoms with E-state index in [2.05, 4.69) is 22.0 Å². The Balaban J connectivity index is 2.13. The molecule has 0 unspecified atom stereocenters. The van der Waals surface area contributed by atoms with Gasteiger partial charge < -0.3 is 4.74 Å². The standard InChI is InChI=1S/C14H11BrCl2OS/c1-18-14-5-2-10(15)6-9(14)8-19-11-3-4-12(16)13(17)7-11/h2-7H,8H2,1H3. The monoisotopic (exact) mass is 376 g/mol. The lowest BCUT2D eigenvalue weighted by Crippen LogP contribution is -1.90. The molecule has 19 heavy (non-hydrogen) atoms. The molecule has 0 fully saturated rings. The minimum atomic E-state index is 0.575. The zero-order chi connectivity index (χ0) is 13.8. The molecule has 2 rings (SSSR count). The highest BCUT2D eigenvalue weighted by molar-refractivity contribution is 9.10. The van der Waals surface area contributed by atoms with E-state index in [4.69, 9.17) is 27.9 Å². The predicted octanol–water partition coefficient (Wildman–Crippen LogP) is 6.06. The highest BCUT2D eigenvalue weighted by Crippen LogP contribution is 2.33. The highest BCUT2D eigenvalue weighted by Gasteiger charge is 2.06. The maximum Gasteiger partial charge on any atom is 0.122 e. The molecule has 0 spiro atoms. The first kappa shape index (κ1) is 15.0. The first-order chi connectivity index (χ1) is 9.10. The summed E-state index contributed by atoms with van der Waals surface area (Å²) in [5.41, 5.74) is 1.13. The molecule has 0 atom stereocenters. The van der Waals surface area contributed by atoms with Gasteiger partial charge in [0.1, 0.15) is 5.75 Å². The Morgan fingerprint density at radius 2 is 1.89 bits per heavy atom. The van der Waals surface area contributed by atoms with Gasteiger partial charge in [0.15, 0.2) is 0 Å². The van der Waals surface area contributed by atoms with Crippen LogP contribution in [0.15, 0.2) is 45.8 Å². The Morgan fingerprint density at radius 1 is 1.11 bits per heavy atom. The minimum Gasteiger partial charge on any atom is -0.496 e. The van der Waals surface area contributed by atoms with Crippen LogP contribution in [0, 0.1) is 0 Å². The number of thioether (sulfide) groups is 1. The average Bonchev–Trinajstić information content (AvgIpc) is 2.40. The smallest absolute Gasteiger partial charge is 0.122 e. The third-order valence-electron chi connectivity index (χ3n) is 2.53. The highest BCUT2D eigenvalue weighted by atomic mass is 79.9. The van der Waals surface area contributed by atoms with Crippen molar-refractivity contribution in [2.24, 2.45) is 0 Å². The fourth-order valence-corrected chi connectivity index (χ4v) is 3.27. The maximum atomic E-state index is 6.00. The van der Waals surface area contributed by atoms with Crippen LogP contribution >= 0.6 is 50.9 Å². The summed E-state index contributed by atoms with van der Waals surface area (Å²) in [5, 5.41) is 1.15. The summed E-state index contributed by atoms with van der Waals surface area (Å²) < 4.78 is 6.39. The van der Waals surface area contributed by atoms with Crippen molar-refractivity contribution < 1.29 is 4.74 Å². The molecule has 0 aliphatic carbocycles. The van der Waals surface area contributed by atoms with Crippen LogP contribution in [0.1, 0.15) is 5.56 Å². The second-order valence-electron chi connectivity index (χ2n) is 3.82. The summed E-state index contributed by atoms with van der Waals surface area (Å²) in [5.74, 6) is 1.69. The SMILES string of the molecule is COc1ccc(Br)cc1CSc1ccc(Cl)c(Cl)c1. The summed E-state index contributed by atoms with van der Waals surface area (Å²) in [6.07, 6.45) is 0. The van der Waals surface area contributed by atoms with E-state index in [1.807, 2.05) is 30.3 Å². The predicted molar refractivity (Wildman–Crippen MR) is 86.7 cm³/mol. The molecule has 2 aromatic carbocycles. The summed E-state index contributed by atoms with van der Waals surface area (Å²) in [6, 6.07) is 11.6. The van der Waals surface area contributed by atoms with Crippen molar-refractivity contribution in [1.29, 1.82) is 0 Å². The molecule has 0 aromatic heterocycles. The largest absolute Gasteiger partial charge is 0.496 e. The van der Waals surface area contributed by atoms with Crippen molar-refractivity contribution in [3.8, 4) is 5.75 Å². The molecule has 100 valence electrons. The van der Waals surface area contributed by atoms with Crippen molar-refractivity contribution in [1.82, 2.24) is 0 Å². The van der Waals surface area contributed by atoms with Crippen LogP contribution in [0.4, 0.5) is 0 Å². The fourth-order valence-electron chi connectivity index (χ4n) is 1.59. The molecule has 0 aliphatic heterocycles. The van der Waals surface area contributed by atoms with Gasteiger partial charge in [-0.25, -0.2) is 0 Å². The molecule has 0 bridgehead atoms. The van der Waals surface area contributed by atoms with Gasteiger partial charge in [-0.2, -0.15) is 0 Å². The third-order valence-corrected chi connectivity index (χ3v) is 4.80. The zero-order valence-corrected chi connectivity index (χ0v) is 14.0. The maximum absolute atomic E-state index is 6.00. The summed E-state index contributed by atoms with van der Waals surface area (Å²) >= 11 is 17.1. The molecule has 0 saturated heterocycles. The number of hydrogen-bond acceptors (Lipinski definition) is 2. The van der Waals surface area contributed by atoms with Crippen LogP contribution in [-0.4, -0.2) is 7.11 Å². The van der Waals surface area contributed by atoms with Crippen molar-refractivity contribution in [2.75, 3.05) is 7.11 Å². The Kier molecular flexibility index (Phi) is 5.46. The van der Waals surface area contributed by atoms with E-state index in [0.717, 1.165) is 26.4 Å². The van der Waals surface area contributed by atoms with Crippen LogP contribution in [0.5, 0.6) is 5.75 Å². The topological polar surface area (TPSA) is 9.23 Å². The van der Waals surface area contributed by atoms with Gasteiger partial charge in [-0.3, -0.25) is 0 Å². The lowest BCUT2D eigenvalue weighted by molar-refractivity contribution is 0.411. The van der Waals surface area contributed by atoms with E-state index in [9.17, 15) is 0 Å². The molecule has 0 radical (unpaired) electrons. The second kappa shape index (κ2) is 6.89. The molecule has 0 saturated carbocycles. The van der Waals surface area contributed by atoms with Gasteiger partial charge in [0.2, 0.25) is 0 Å². The summed E-state index contributed by atoms with van der Waals surface area (Å²) in [4.78, 5) is 1.08. The first-order valence-electron chi connectivity index (χ1n) is 5.50. The quantitative estimate of drug-likeness (QED) is 0.599. The molecular weight excluding hydrogens is 367 g/mol. The van der Waals surface area contributed by atoms with Crippen LogP contribution in [0.3, 0.4) is 0 Å². The van der Waals surface area contributed by atoms with E-state index in [-0.39, 0.29) is 0 Å². The average molecular weight is 378 g/mol. The van der Waals surface area contributed by atoms with Gasteiger partial charge in [-0.15, -0.1) is 11.8 Å². The zero-order valence-electron chi connectivity index (χ0n) is 10.1. The number of rotatable bonds is 4. The Bertz CT molecular complexity index is 590. The van der Waals surface area contributed by atoms with Gasteiger partial charge >= 0.3 is 0 Å². The number of benzene rings is 2. The van der Waals surface area contributed by atoms with Crippen LogP contribution < -0.4 is 4.74 Å². The van der Waals surface area contributed by atoms with Crippen molar-refractivity contribution in [3.63, 3.8) is 0 Å². The number of ether oxygens (including phenoxy) is 1. The van der Waals surface area contributed by atoms with Gasteiger partial charge in [0.05, 0.1) is 17.2 Å². The van der Waals surface area contributed by atoms with Gasteiger partial charge in [0, 0.05) is 20.7 Å². The molecule has 0 N–H and O–H groups in total. The summed E-state index contributed by atoms with van der Waals surface area (Å²) in [6.45, 7) is 0. The molecule has 2 aromatic rings. The number of hydrogen-bond donors (Lipinski definition) is 0. The Hall–Kier alpha value is -0.350. The van der Waals surface area contributed by atoms with E-state index < -0.39 is 0 Å². The van der Waals surface area contributed by atoms with Crippen LogP contribution in [0.25, 0.3) is 0 Å². The van der Waals surface area contributed by atoms with Crippen molar-refractivity contribution in [2.45, 2.75) is 10.6 Å². The molecule has 0 heterocycles. The number of halogens is 3. The third kappa shape index (κ3) is 4.06. The molecule has 1 nitrogen and oxygen atoms in total. The molecule has 5 heteroatoms. The lowest BCUT2D eigenvalue weighted by Gasteiger charge is -2.09. The minimum absolute atomic E-state index is 0.575. The molecule has 0 amide bonds. The lowest BCUT2D eigenvalue weighted by atomic mass is 10.2.